The Morgan fingerprint density at radius 1 is 1.04 bits per heavy atom. The zero-order valence-electron chi connectivity index (χ0n) is 14.6. The van der Waals surface area contributed by atoms with Crippen molar-refractivity contribution >= 4 is 28.4 Å². The molecule has 4 rings (SSSR count). The number of nitro groups is 1. The lowest BCUT2D eigenvalue weighted by Crippen LogP contribution is -2.21. The maximum atomic E-state index is 13.1. The number of aryl methyl sites for hydroxylation is 1. The molecular weight excluding hydrogens is 378 g/mol. The molecule has 2 aromatic heterocycles. The Bertz CT molecular complexity index is 1240. The van der Waals surface area contributed by atoms with Crippen molar-refractivity contribution < 1.29 is 4.92 Å². The van der Waals surface area contributed by atoms with Crippen LogP contribution in [0.5, 0.6) is 0 Å². The molecule has 0 aliphatic rings. The summed E-state index contributed by atoms with van der Waals surface area (Å²) in [7, 11) is 0. The third-order valence-electron chi connectivity index (χ3n) is 4.05. The van der Waals surface area contributed by atoms with E-state index in [1.807, 2.05) is 37.3 Å². The van der Waals surface area contributed by atoms with Gasteiger partial charge in [-0.1, -0.05) is 29.8 Å². The first kappa shape index (κ1) is 17.8. The summed E-state index contributed by atoms with van der Waals surface area (Å²) < 4.78 is 1.50. The summed E-state index contributed by atoms with van der Waals surface area (Å²) in [4.78, 5) is 36.0. The monoisotopic (exact) mass is 391 g/mol. The minimum atomic E-state index is -0.565. The van der Waals surface area contributed by atoms with Crippen LogP contribution in [0.1, 0.15) is 5.56 Å². The number of hydrogen-bond donors (Lipinski definition) is 0. The molecule has 28 heavy (non-hydrogen) atoms. The number of hydrogen-bond acceptors (Lipinski definition) is 7. The minimum absolute atomic E-state index is 0.202. The van der Waals surface area contributed by atoms with E-state index in [0.717, 1.165) is 29.7 Å². The zero-order valence-corrected chi connectivity index (χ0v) is 15.5. The normalized spacial score (nSPS) is 10.9. The van der Waals surface area contributed by atoms with Crippen molar-refractivity contribution in [3.63, 3.8) is 0 Å². The van der Waals surface area contributed by atoms with E-state index < -0.39 is 4.92 Å². The standard InChI is InChI=1S/C19H13N5O3S/c1-12-6-8-13(9-7-12)23-17(25)15-4-2-3-5-16(15)22-19(23)28-18-20-10-14(11-21-18)24(26)27/h2-11H,1H3. The largest absolute Gasteiger partial charge is 0.305 e. The van der Waals surface area contributed by atoms with E-state index in [-0.39, 0.29) is 16.4 Å². The highest BCUT2D eigenvalue weighted by atomic mass is 32.2. The molecule has 0 unspecified atom stereocenters. The van der Waals surface area contributed by atoms with Crippen molar-refractivity contribution in [1.29, 1.82) is 0 Å². The van der Waals surface area contributed by atoms with Crippen LogP contribution < -0.4 is 5.56 Å². The number of aromatic nitrogens is 4. The average Bonchev–Trinajstić information content (AvgIpc) is 2.70. The second kappa shape index (κ2) is 7.20. The fourth-order valence-electron chi connectivity index (χ4n) is 2.64. The van der Waals surface area contributed by atoms with E-state index in [0.29, 0.717) is 21.7 Å². The lowest BCUT2D eigenvalue weighted by molar-refractivity contribution is -0.385. The van der Waals surface area contributed by atoms with Gasteiger partial charge in [-0.25, -0.2) is 15.0 Å². The third-order valence-corrected chi connectivity index (χ3v) is 4.89. The Labute approximate surface area is 163 Å². The van der Waals surface area contributed by atoms with Gasteiger partial charge in [-0.05, 0) is 43.0 Å². The van der Waals surface area contributed by atoms with Crippen LogP contribution in [0.3, 0.4) is 0 Å². The summed E-state index contributed by atoms with van der Waals surface area (Å²) in [5.74, 6) is 0. The molecule has 0 spiro atoms. The van der Waals surface area contributed by atoms with Crippen LogP contribution in [-0.4, -0.2) is 24.4 Å². The lowest BCUT2D eigenvalue weighted by atomic mass is 10.2. The molecular formula is C19H13N5O3S. The fourth-order valence-corrected chi connectivity index (χ4v) is 3.44. The predicted octanol–water partition coefficient (Wildman–Crippen LogP) is 3.54. The molecule has 2 aromatic carbocycles. The van der Waals surface area contributed by atoms with Crippen LogP contribution >= 0.6 is 11.8 Å². The quantitative estimate of drug-likeness (QED) is 0.298. The van der Waals surface area contributed by atoms with Crippen molar-refractivity contribution in [1.82, 2.24) is 19.5 Å². The number of para-hydroxylation sites is 1. The Hall–Kier alpha value is -3.59. The molecule has 0 fully saturated rings. The maximum Gasteiger partial charge on any atom is 0.305 e. The second-order valence-electron chi connectivity index (χ2n) is 5.97. The van der Waals surface area contributed by atoms with E-state index >= 15 is 0 Å². The van der Waals surface area contributed by atoms with Gasteiger partial charge in [-0.2, -0.15) is 0 Å². The molecule has 4 aromatic rings. The van der Waals surface area contributed by atoms with Crippen LogP contribution in [0, 0.1) is 17.0 Å². The van der Waals surface area contributed by atoms with E-state index in [9.17, 15) is 14.9 Å². The van der Waals surface area contributed by atoms with E-state index in [4.69, 9.17) is 0 Å². The summed E-state index contributed by atoms with van der Waals surface area (Å²) in [6.45, 7) is 1.96. The Morgan fingerprint density at radius 2 is 1.71 bits per heavy atom. The summed E-state index contributed by atoms with van der Waals surface area (Å²) in [6, 6.07) is 14.6. The SMILES string of the molecule is Cc1ccc(-n2c(Sc3ncc([N+](=O)[O-])cn3)nc3ccccc3c2=O)cc1. The average molecular weight is 391 g/mol. The van der Waals surface area contributed by atoms with E-state index in [1.54, 1.807) is 18.2 Å². The molecule has 0 atom stereocenters. The van der Waals surface area contributed by atoms with Gasteiger partial charge < -0.3 is 0 Å². The molecule has 0 amide bonds. The van der Waals surface area contributed by atoms with Crippen LogP contribution in [-0.2, 0) is 0 Å². The van der Waals surface area contributed by atoms with Gasteiger partial charge >= 0.3 is 5.69 Å². The third kappa shape index (κ3) is 3.35. The van der Waals surface area contributed by atoms with Gasteiger partial charge in [0.25, 0.3) is 5.56 Å². The zero-order chi connectivity index (χ0) is 19.7. The van der Waals surface area contributed by atoms with Gasteiger partial charge in [-0.3, -0.25) is 19.5 Å². The van der Waals surface area contributed by atoms with Crippen molar-refractivity contribution in [2.75, 3.05) is 0 Å². The summed E-state index contributed by atoms with van der Waals surface area (Å²) in [6.07, 6.45) is 2.26. The highest BCUT2D eigenvalue weighted by Gasteiger charge is 2.16. The van der Waals surface area contributed by atoms with Crippen molar-refractivity contribution in [3.8, 4) is 5.69 Å². The summed E-state index contributed by atoms with van der Waals surface area (Å²) in [5, 5.41) is 11.9. The number of fused-ring (bicyclic) bond motifs is 1. The van der Waals surface area contributed by atoms with Gasteiger partial charge in [-0.15, -0.1) is 0 Å². The van der Waals surface area contributed by atoms with Crippen LogP contribution in [0.15, 0.2) is 76.0 Å². The molecule has 138 valence electrons. The second-order valence-corrected chi connectivity index (χ2v) is 6.91. The first-order valence-corrected chi connectivity index (χ1v) is 9.08. The smallest absolute Gasteiger partial charge is 0.268 e. The molecule has 8 nitrogen and oxygen atoms in total. The molecule has 0 saturated heterocycles. The highest BCUT2D eigenvalue weighted by Crippen LogP contribution is 2.26. The fraction of sp³-hybridized carbons (Fsp3) is 0.0526. The molecule has 0 aliphatic carbocycles. The highest BCUT2D eigenvalue weighted by molar-refractivity contribution is 7.99. The first-order chi connectivity index (χ1) is 13.5. The maximum absolute atomic E-state index is 13.1. The molecule has 0 radical (unpaired) electrons. The van der Waals surface area contributed by atoms with E-state index in [1.165, 1.54) is 4.57 Å². The molecule has 0 N–H and O–H groups in total. The first-order valence-electron chi connectivity index (χ1n) is 8.26. The Morgan fingerprint density at radius 3 is 2.39 bits per heavy atom. The molecule has 2 heterocycles. The van der Waals surface area contributed by atoms with Gasteiger partial charge in [0.2, 0.25) is 0 Å². The van der Waals surface area contributed by atoms with Crippen LogP contribution in [0.2, 0.25) is 0 Å². The van der Waals surface area contributed by atoms with Gasteiger partial charge in [0.15, 0.2) is 10.3 Å². The molecule has 0 aliphatic heterocycles. The van der Waals surface area contributed by atoms with Gasteiger partial charge in [0, 0.05) is 0 Å². The number of benzene rings is 2. The minimum Gasteiger partial charge on any atom is -0.268 e. The van der Waals surface area contributed by atoms with Crippen molar-refractivity contribution in [2.24, 2.45) is 0 Å². The Balaban J connectivity index is 1.88. The predicted molar refractivity (Wildman–Crippen MR) is 105 cm³/mol. The molecule has 9 heteroatoms. The van der Waals surface area contributed by atoms with Crippen LogP contribution in [0.4, 0.5) is 5.69 Å². The number of rotatable bonds is 4. The van der Waals surface area contributed by atoms with Crippen molar-refractivity contribution in [3.05, 3.63) is 87.0 Å². The lowest BCUT2D eigenvalue weighted by Gasteiger charge is -2.12. The molecule has 0 saturated carbocycles. The summed E-state index contributed by atoms with van der Waals surface area (Å²) >= 11 is 1.07. The summed E-state index contributed by atoms with van der Waals surface area (Å²) in [5.41, 5.74) is 1.88. The van der Waals surface area contributed by atoms with Gasteiger partial charge in [0.05, 0.1) is 21.5 Å². The molecule has 0 bridgehead atoms. The van der Waals surface area contributed by atoms with Crippen molar-refractivity contribution in [2.45, 2.75) is 17.2 Å². The van der Waals surface area contributed by atoms with Gasteiger partial charge in [0.1, 0.15) is 12.4 Å². The van der Waals surface area contributed by atoms with E-state index in [2.05, 4.69) is 15.0 Å². The topological polar surface area (TPSA) is 104 Å². The van der Waals surface area contributed by atoms with Crippen LogP contribution in [0.25, 0.3) is 16.6 Å². The number of nitrogens with zero attached hydrogens (tertiary/aromatic N) is 5. The Kier molecular flexibility index (Phi) is 4.58.